The first-order valence-electron chi connectivity index (χ1n) is 3.49. The van der Waals surface area contributed by atoms with Crippen LogP contribution in [-0.4, -0.2) is 33.8 Å². The molecule has 0 saturated carbocycles. The standard InChI is InChI=1S/C4H4F4O.C2H4F2.CH3F/c5-1-2-9-4(8)3(6)7;3-1-2-4;1-2/h1-2H2;1-2H2;1H3. The maximum absolute atomic E-state index is 11.5. The molecule has 0 aromatic rings. The monoisotopic (exact) mass is 244 g/mol. The van der Waals surface area contributed by atoms with Gasteiger partial charge in [-0.25, -0.2) is 13.2 Å². The lowest BCUT2D eigenvalue weighted by atomic mass is 10.8. The third kappa shape index (κ3) is 24.6. The van der Waals surface area contributed by atoms with Gasteiger partial charge in [0.1, 0.15) is 26.6 Å². The van der Waals surface area contributed by atoms with Crippen LogP contribution in [0.4, 0.5) is 30.7 Å². The second-order valence-electron chi connectivity index (χ2n) is 1.45. The topological polar surface area (TPSA) is 9.23 Å². The molecule has 0 spiro atoms. The third-order valence-corrected chi connectivity index (χ3v) is 0.526. The fourth-order valence-electron chi connectivity index (χ4n) is 0.183. The van der Waals surface area contributed by atoms with Gasteiger partial charge in [0.25, 0.3) is 0 Å². The predicted molar refractivity (Wildman–Crippen MR) is 41.3 cm³/mol. The van der Waals surface area contributed by atoms with Crippen LogP contribution in [0.2, 0.25) is 0 Å². The summed E-state index contributed by atoms with van der Waals surface area (Å²) in [4.78, 5) is 0. The lowest BCUT2D eigenvalue weighted by molar-refractivity contribution is 0.108. The number of rotatable bonds is 4. The molecular formula is C7H11F7O. The van der Waals surface area contributed by atoms with E-state index in [9.17, 15) is 30.7 Å². The Morgan fingerprint density at radius 2 is 1.27 bits per heavy atom. The van der Waals surface area contributed by atoms with Gasteiger partial charge in [-0.2, -0.15) is 13.2 Å². The van der Waals surface area contributed by atoms with Gasteiger partial charge < -0.3 is 4.74 Å². The van der Waals surface area contributed by atoms with Crippen LogP contribution in [-0.2, 0) is 4.74 Å². The van der Waals surface area contributed by atoms with Crippen molar-refractivity contribution in [3.63, 3.8) is 0 Å². The highest BCUT2D eigenvalue weighted by Gasteiger charge is 2.04. The van der Waals surface area contributed by atoms with Gasteiger partial charge in [-0.15, -0.1) is 0 Å². The lowest BCUT2D eigenvalue weighted by Gasteiger charge is -1.95. The van der Waals surface area contributed by atoms with Crippen molar-refractivity contribution < 1.29 is 35.5 Å². The molecule has 0 heterocycles. The number of halogens is 7. The summed E-state index contributed by atoms with van der Waals surface area (Å²) in [5, 5.41) is 0. The minimum atomic E-state index is -2.57. The first-order valence-corrected chi connectivity index (χ1v) is 3.49. The van der Waals surface area contributed by atoms with Crippen LogP contribution in [0.1, 0.15) is 0 Å². The van der Waals surface area contributed by atoms with Crippen LogP contribution in [0.3, 0.4) is 0 Å². The van der Waals surface area contributed by atoms with E-state index in [4.69, 9.17) is 0 Å². The van der Waals surface area contributed by atoms with Gasteiger partial charge in [-0.3, -0.25) is 4.39 Å². The van der Waals surface area contributed by atoms with Crippen molar-refractivity contribution in [1.29, 1.82) is 0 Å². The summed E-state index contributed by atoms with van der Waals surface area (Å²) in [6.45, 7) is -3.36. The highest BCUT2D eigenvalue weighted by Crippen LogP contribution is 2.09. The summed E-state index contributed by atoms with van der Waals surface area (Å²) in [5.41, 5.74) is 0. The minimum absolute atomic E-state index is 0.500. The molecular weight excluding hydrogens is 233 g/mol. The van der Waals surface area contributed by atoms with E-state index >= 15 is 0 Å². The zero-order valence-electron chi connectivity index (χ0n) is 7.88. The molecule has 94 valence electrons. The zero-order chi connectivity index (χ0) is 12.7. The van der Waals surface area contributed by atoms with Gasteiger partial charge >= 0.3 is 12.1 Å². The van der Waals surface area contributed by atoms with Crippen molar-refractivity contribution in [1.82, 2.24) is 0 Å². The molecule has 15 heavy (non-hydrogen) atoms. The normalized spacial score (nSPS) is 7.73. The lowest BCUT2D eigenvalue weighted by Crippen LogP contribution is -1.92. The first-order chi connectivity index (χ1) is 7.09. The quantitative estimate of drug-likeness (QED) is 0.543. The van der Waals surface area contributed by atoms with Crippen LogP contribution in [0.5, 0.6) is 0 Å². The molecule has 0 bridgehead atoms. The van der Waals surface area contributed by atoms with Crippen molar-refractivity contribution in [2.75, 3.05) is 33.8 Å². The first kappa shape index (κ1) is 19.6. The van der Waals surface area contributed by atoms with Crippen molar-refractivity contribution in [3.8, 4) is 0 Å². The Kier molecular flexibility index (Phi) is 24.5. The Labute approximate surface area is 82.5 Å². The number of ether oxygens (including phenoxy) is 1. The molecule has 0 atom stereocenters. The molecule has 1 nitrogen and oxygen atoms in total. The molecule has 0 aromatic heterocycles. The number of alkyl halides is 4. The van der Waals surface area contributed by atoms with Gasteiger partial charge in [0, 0.05) is 0 Å². The maximum Gasteiger partial charge on any atom is 0.342 e. The van der Waals surface area contributed by atoms with E-state index in [1.54, 1.807) is 0 Å². The van der Waals surface area contributed by atoms with Crippen LogP contribution in [0, 0.1) is 0 Å². The molecule has 8 heteroatoms. The number of hydrogen-bond acceptors (Lipinski definition) is 1. The van der Waals surface area contributed by atoms with E-state index < -0.39 is 38.7 Å². The minimum Gasteiger partial charge on any atom is -0.464 e. The van der Waals surface area contributed by atoms with Gasteiger partial charge in [0.2, 0.25) is 0 Å². The summed E-state index contributed by atoms with van der Waals surface area (Å²) in [7, 11) is 0.500. The van der Waals surface area contributed by atoms with E-state index in [0.717, 1.165) is 0 Å². The van der Waals surface area contributed by atoms with Crippen LogP contribution >= 0.6 is 0 Å². The molecule has 0 aliphatic carbocycles. The van der Waals surface area contributed by atoms with E-state index in [2.05, 4.69) is 4.74 Å². The molecule has 0 aliphatic rings. The van der Waals surface area contributed by atoms with Crippen LogP contribution < -0.4 is 0 Å². The Morgan fingerprint density at radius 1 is 0.867 bits per heavy atom. The average molecular weight is 244 g/mol. The second kappa shape index (κ2) is 18.8. The molecule has 0 saturated heterocycles. The highest BCUT2D eigenvalue weighted by molar-refractivity contribution is 4.80. The molecule has 0 N–H and O–H groups in total. The molecule has 0 aromatic carbocycles. The molecule has 0 aliphatic heterocycles. The van der Waals surface area contributed by atoms with Crippen LogP contribution in [0.25, 0.3) is 0 Å². The fraction of sp³-hybridized carbons (Fsp3) is 0.714. The van der Waals surface area contributed by atoms with Crippen LogP contribution in [0.15, 0.2) is 12.1 Å². The summed E-state index contributed by atoms with van der Waals surface area (Å²) < 4.78 is 78.3. The fourth-order valence-corrected chi connectivity index (χ4v) is 0.183. The maximum atomic E-state index is 11.5. The van der Waals surface area contributed by atoms with E-state index in [1.807, 2.05) is 0 Å². The van der Waals surface area contributed by atoms with E-state index in [1.165, 1.54) is 0 Å². The Balaban J connectivity index is -0.000000202. The molecule has 0 amide bonds. The van der Waals surface area contributed by atoms with Gasteiger partial charge in [0.05, 0.1) is 7.18 Å². The second-order valence-corrected chi connectivity index (χ2v) is 1.45. The zero-order valence-corrected chi connectivity index (χ0v) is 7.88. The van der Waals surface area contributed by atoms with Gasteiger partial charge in [-0.1, -0.05) is 0 Å². The summed E-state index contributed by atoms with van der Waals surface area (Å²) >= 11 is 0. The number of hydrogen-bond donors (Lipinski definition) is 0. The third-order valence-electron chi connectivity index (χ3n) is 0.526. The van der Waals surface area contributed by atoms with Crippen molar-refractivity contribution in [3.05, 3.63) is 12.1 Å². The van der Waals surface area contributed by atoms with Gasteiger partial charge in [-0.05, 0) is 0 Å². The summed E-state index contributed by atoms with van der Waals surface area (Å²) in [6, 6.07) is -2.01. The Bertz CT molecular complexity index is 133. The van der Waals surface area contributed by atoms with Crippen molar-refractivity contribution in [2.45, 2.75) is 0 Å². The highest BCUT2D eigenvalue weighted by atomic mass is 19.3. The Hall–Kier alpha value is -0.950. The largest absolute Gasteiger partial charge is 0.464 e. The van der Waals surface area contributed by atoms with Crippen molar-refractivity contribution >= 4 is 0 Å². The Morgan fingerprint density at radius 3 is 1.47 bits per heavy atom. The van der Waals surface area contributed by atoms with Crippen molar-refractivity contribution in [2.24, 2.45) is 0 Å². The van der Waals surface area contributed by atoms with Gasteiger partial charge in [0.15, 0.2) is 0 Å². The van der Waals surface area contributed by atoms with E-state index in [0.29, 0.717) is 7.18 Å². The SMILES string of the molecule is CF.FCCF.FCCOC(F)=C(F)F. The molecule has 0 unspecified atom stereocenters. The van der Waals surface area contributed by atoms with E-state index in [-0.39, 0.29) is 0 Å². The summed E-state index contributed by atoms with van der Waals surface area (Å²) in [5.74, 6) is 0. The molecule has 0 fully saturated rings. The summed E-state index contributed by atoms with van der Waals surface area (Å²) in [6.07, 6.45) is -2.57. The average Bonchev–Trinajstić information content (AvgIpc) is 2.28. The predicted octanol–water partition coefficient (Wildman–Crippen LogP) is 3.52. The molecule has 0 radical (unpaired) electrons. The molecule has 0 rings (SSSR count). The smallest absolute Gasteiger partial charge is 0.342 e.